The first-order chi connectivity index (χ1) is 7.75. The van der Waals surface area contributed by atoms with Gasteiger partial charge in [-0.25, -0.2) is 0 Å². The number of carbonyl (C=O) groups is 1. The van der Waals surface area contributed by atoms with Crippen molar-refractivity contribution in [3.8, 4) is 0 Å². The molecule has 1 fully saturated rings. The maximum Gasteiger partial charge on any atom is 0.261 e. The van der Waals surface area contributed by atoms with Crippen molar-refractivity contribution in [1.82, 2.24) is 5.32 Å². The Morgan fingerprint density at radius 1 is 1.62 bits per heavy atom. The maximum atomic E-state index is 11.7. The predicted molar refractivity (Wildman–Crippen MR) is 67.9 cm³/mol. The lowest BCUT2D eigenvalue weighted by atomic mass is 10.1. The van der Waals surface area contributed by atoms with Crippen LogP contribution in [-0.4, -0.2) is 25.7 Å². The smallest absolute Gasteiger partial charge is 0.261 e. The molecule has 16 heavy (non-hydrogen) atoms. The molecule has 5 heteroatoms. The van der Waals surface area contributed by atoms with Crippen molar-refractivity contribution in [3.63, 3.8) is 0 Å². The third-order valence-corrected chi connectivity index (χ3v) is 4.28. The van der Waals surface area contributed by atoms with Crippen molar-refractivity contribution in [3.05, 3.63) is 20.8 Å². The summed E-state index contributed by atoms with van der Waals surface area (Å²) in [5.74, 6) is 0.644. The average molecular weight is 304 g/mol. The number of amides is 1. The first-order valence-electron chi connectivity index (χ1n) is 5.37. The van der Waals surface area contributed by atoms with Crippen LogP contribution in [0.25, 0.3) is 0 Å². The molecule has 2 rings (SSSR count). The minimum Gasteiger partial charge on any atom is -0.381 e. The second kappa shape index (κ2) is 5.80. The molecule has 1 saturated heterocycles. The monoisotopic (exact) mass is 303 g/mol. The molecule has 1 aromatic rings. The molecular formula is C11H14BrNO2S. The van der Waals surface area contributed by atoms with Crippen LogP contribution in [0.1, 0.15) is 22.5 Å². The molecule has 2 heterocycles. The van der Waals surface area contributed by atoms with E-state index in [2.05, 4.69) is 21.2 Å². The topological polar surface area (TPSA) is 38.3 Å². The molecule has 1 aliphatic heterocycles. The zero-order chi connectivity index (χ0) is 11.4. The van der Waals surface area contributed by atoms with Gasteiger partial charge in [0.05, 0.1) is 8.66 Å². The SMILES string of the molecule is O=C(NCCC1CCOC1)c1ccc(Br)s1. The van der Waals surface area contributed by atoms with E-state index >= 15 is 0 Å². The van der Waals surface area contributed by atoms with Gasteiger partial charge in [0.1, 0.15) is 0 Å². The normalized spacial score (nSPS) is 19.9. The Morgan fingerprint density at radius 2 is 2.50 bits per heavy atom. The highest BCUT2D eigenvalue weighted by molar-refractivity contribution is 9.11. The van der Waals surface area contributed by atoms with Crippen LogP contribution in [-0.2, 0) is 4.74 Å². The van der Waals surface area contributed by atoms with E-state index in [-0.39, 0.29) is 5.91 Å². The van der Waals surface area contributed by atoms with Gasteiger partial charge in [-0.15, -0.1) is 11.3 Å². The van der Waals surface area contributed by atoms with Crippen molar-refractivity contribution in [1.29, 1.82) is 0 Å². The van der Waals surface area contributed by atoms with Gasteiger partial charge in [0.15, 0.2) is 0 Å². The Hall–Kier alpha value is -0.390. The van der Waals surface area contributed by atoms with Gasteiger partial charge in [-0.2, -0.15) is 0 Å². The van der Waals surface area contributed by atoms with Gasteiger partial charge in [-0.1, -0.05) is 0 Å². The fraction of sp³-hybridized carbons (Fsp3) is 0.545. The summed E-state index contributed by atoms with van der Waals surface area (Å²) in [6, 6.07) is 3.73. The number of rotatable bonds is 4. The number of carbonyl (C=O) groups excluding carboxylic acids is 1. The molecule has 1 aliphatic rings. The third kappa shape index (κ3) is 3.30. The van der Waals surface area contributed by atoms with Crippen molar-refractivity contribution in [2.24, 2.45) is 5.92 Å². The van der Waals surface area contributed by atoms with Crippen LogP contribution < -0.4 is 5.32 Å². The summed E-state index contributed by atoms with van der Waals surface area (Å²) in [7, 11) is 0. The Bertz CT molecular complexity index is 361. The maximum absolute atomic E-state index is 11.7. The summed E-state index contributed by atoms with van der Waals surface area (Å²) in [6.07, 6.45) is 2.14. The highest BCUT2D eigenvalue weighted by Crippen LogP contribution is 2.22. The fourth-order valence-electron chi connectivity index (χ4n) is 1.72. The van der Waals surface area contributed by atoms with Gasteiger partial charge in [0.25, 0.3) is 5.91 Å². The first kappa shape index (κ1) is 12.1. The molecule has 0 aliphatic carbocycles. The van der Waals surface area contributed by atoms with Crippen LogP contribution in [0, 0.1) is 5.92 Å². The van der Waals surface area contributed by atoms with Gasteiger partial charge in [-0.05, 0) is 46.8 Å². The predicted octanol–water partition coefficient (Wildman–Crippen LogP) is 2.67. The molecule has 0 spiro atoms. The third-order valence-electron chi connectivity index (χ3n) is 2.66. The van der Waals surface area contributed by atoms with Crippen molar-refractivity contribution in [2.45, 2.75) is 12.8 Å². The molecule has 1 amide bonds. The van der Waals surface area contributed by atoms with Gasteiger partial charge in [-0.3, -0.25) is 4.79 Å². The number of halogens is 1. The molecular weight excluding hydrogens is 290 g/mol. The molecule has 1 atom stereocenters. The van der Waals surface area contributed by atoms with Crippen LogP contribution in [0.3, 0.4) is 0 Å². The number of hydrogen-bond acceptors (Lipinski definition) is 3. The van der Waals surface area contributed by atoms with E-state index in [1.54, 1.807) is 0 Å². The van der Waals surface area contributed by atoms with Gasteiger partial charge < -0.3 is 10.1 Å². The Morgan fingerprint density at radius 3 is 3.12 bits per heavy atom. The standard InChI is InChI=1S/C11H14BrNO2S/c12-10-2-1-9(16-10)11(14)13-5-3-8-4-6-15-7-8/h1-2,8H,3-7H2,(H,13,14). The zero-order valence-corrected chi connectivity index (χ0v) is 11.3. The Labute approximate surface area is 107 Å². The van der Waals surface area contributed by atoms with E-state index in [0.717, 1.165) is 41.3 Å². The number of thiophene rings is 1. The van der Waals surface area contributed by atoms with E-state index in [1.807, 2.05) is 12.1 Å². The molecule has 1 aromatic heterocycles. The molecule has 88 valence electrons. The summed E-state index contributed by atoms with van der Waals surface area (Å²) >= 11 is 4.80. The molecule has 0 bridgehead atoms. The van der Waals surface area contributed by atoms with Gasteiger partial charge in [0, 0.05) is 19.8 Å². The largest absolute Gasteiger partial charge is 0.381 e. The van der Waals surface area contributed by atoms with E-state index in [9.17, 15) is 4.79 Å². The minimum absolute atomic E-state index is 0.0228. The molecule has 1 unspecified atom stereocenters. The lowest BCUT2D eigenvalue weighted by molar-refractivity contribution is 0.0954. The summed E-state index contributed by atoms with van der Waals surface area (Å²) in [6.45, 7) is 2.46. The van der Waals surface area contributed by atoms with Crippen molar-refractivity contribution in [2.75, 3.05) is 19.8 Å². The lowest BCUT2D eigenvalue weighted by Gasteiger charge is -2.07. The van der Waals surface area contributed by atoms with Crippen LogP contribution in [0.4, 0.5) is 0 Å². The second-order valence-electron chi connectivity index (χ2n) is 3.88. The Kier molecular flexibility index (Phi) is 4.37. The lowest BCUT2D eigenvalue weighted by Crippen LogP contribution is -2.25. The van der Waals surface area contributed by atoms with E-state index in [4.69, 9.17) is 4.74 Å². The Balaban J connectivity index is 1.71. The number of nitrogens with one attached hydrogen (secondary N) is 1. The van der Waals surface area contributed by atoms with Crippen LogP contribution >= 0.6 is 27.3 Å². The summed E-state index contributed by atoms with van der Waals surface area (Å²) < 4.78 is 6.27. The van der Waals surface area contributed by atoms with Crippen LogP contribution in [0.5, 0.6) is 0 Å². The fourth-order valence-corrected chi connectivity index (χ4v) is 3.03. The first-order valence-corrected chi connectivity index (χ1v) is 6.98. The van der Waals surface area contributed by atoms with E-state index in [0.29, 0.717) is 5.92 Å². The average Bonchev–Trinajstić information content (AvgIpc) is 2.89. The van der Waals surface area contributed by atoms with Crippen LogP contribution in [0.2, 0.25) is 0 Å². The van der Waals surface area contributed by atoms with Crippen molar-refractivity contribution >= 4 is 33.2 Å². The number of ether oxygens (including phenoxy) is 1. The summed E-state index contributed by atoms with van der Waals surface area (Å²) in [4.78, 5) is 12.4. The summed E-state index contributed by atoms with van der Waals surface area (Å²) in [5, 5.41) is 2.93. The molecule has 0 radical (unpaired) electrons. The molecule has 3 nitrogen and oxygen atoms in total. The van der Waals surface area contributed by atoms with E-state index < -0.39 is 0 Å². The highest BCUT2D eigenvalue weighted by atomic mass is 79.9. The quantitative estimate of drug-likeness (QED) is 0.929. The van der Waals surface area contributed by atoms with Crippen LogP contribution in [0.15, 0.2) is 15.9 Å². The number of hydrogen-bond donors (Lipinski definition) is 1. The van der Waals surface area contributed by atoms with Gasteiger partial charge >= 0.3 is 0 Å². The molecule has 0 aromatic carbocycles. The minimum atomic E-state index is 0.0228. The van der Waals surface area contributed by atoms with E-state index in [1.165, 1.54) is 11.3 Å². The summed E-state index contributed by atoms with van der Waals surface area (Å²) in [5.41, 5.74) is 0. The molecule has 0 saturated carbocycles. The zero-order valence-electron chi connectivity index (χ0n) is 8.87. The van der Waals surface area contributed by atoms with Crippen molar-refractivity contribution < 1.29 is 9.53 Å². The van der Waals surface area contributed by atoms with Gasteiger partial charge in [0.2, 0.25) is 0 Å². The second-order valence-corrected chi connectivity index (χ2v) is 6.34. The molecule has 1 N–H and O–H groups in total. The highest BCUT2D eigenvalue weighted by Gasteiger charge is 2.15.